The van der Waals surface area contributed by atoms with Crippen LogP contribution < -0.4 is 9.47 Å². The van der Waals surface area contributed by atoms with E-state index in [9.17, 15) is 14.4 Å². The van der Waals surface area contributed by atoms with E-state index in [0.29, 0.717) is 0 Å². The van der Waals surface area contributed by atoms with Gasteiger partial charge in [-0.1, -0.05) is 18.1 Å². The lowest BCUT2D eigenvalue weighted by atomic mass is 10.1. The van der Waals surface area contributed by atoms with Crippen molar-refractivity contribution in [3.8, 4) is 11.6 Å². The smallest absolute Gasteiger partial charge is 0.295 e. The van der Waals surface area contributed by atoms with E-state index in [0.717, 1.165) is 12.4 Å². The number of hydrogen-bond donors (Lipinski definition) is 1. The number of methoxy groups -OCH3 is 2. The number of carbonyl (C=O) groups excluding carboxylic acids is 3. The van der Waals surface area contributed by atoms with Gasteiger partial charge < -0.3 is 24.3 Å². The van der Waals surface area contributed by atoms with Crippen LogP contribution in [0, 0.1) is 0 Å². The standard InChI is InChI=1S/C22H22N4O5/c1-30-16-13-24-20(31-2)18-17(16)15(12-23-18)19(27)22(29)26-10-8-25(9-11-26)21(28)14-6-4-3-5-7-14/h3-7,12-13,23H,8-11H2,1-2H3/i3D,4D,5D,6D,7D,8D2,9D2,10D2,11D2. The number of carbonyl (C=O) groups is 3. The Bertz CT molecular complexity index is 1690. The molecule has 0 radical (unpaired) electrons. The number of ether oxygens (including phenoxy) is 2. The van der Waals surface area contributed by atoms with Gasteiger partial charge in [-0.15, -0.1) is 0 Å². The minimum absolute atomic E-state index is 0.0497. The van der Waals surface area contributed by atoms with Crippen LogP contribution in [-0.2, 0) is 4.79 Å². The summed E-state index contributed by atoms with van der Waals surface area (Å²) in [4.78, 5) is 46.1. The van der Waals surface area contributed by atoms with Crippen molar-refractivity contribution >= 4 is 28.5 Å². The molecule has 1 aliphatic heterocycles. The highest BCUT2D eigenvalue weighted by molar-refractivity contribution is 6.45. The molecule has 2 aromatic heterocycles. The van der Waals surface area contributed by atoms with Crippen molar-refractivity contribution in [3.63, 3.8) is 0 Å². The van der Waals surface area contributed by atoms with E-state index in [1.165, 1.54) is 14.2 Å². The molecular weight excluding hydrogens is 400 g/mol. The molecule has 0 saturated carbocycles. The van der Waals surface area contributed by atoms with Crippen LogP contribution in [0.5, 0.6) is 11.6 Å². The molecule has 3 aromatic rings. The van der Waals surface area contributed by atoms with Crippen molar-refractivity contribution in [1.82, 2.24) is 19.8 Å². The third-order valence-electron chi connectivity index (χ3n) is 4.16. The summed E-state index contributed by atoms with van der Waals surface area (Å²) in [6.45, 7) is -16.0. The molecule has 0 spiro atoms. The quantitative estimate of drug-likeness (QED) is 0.484. The Balaban J connectivity index is 1.90. The van der Waals surface area contributed by atoms with Gasteiger partial charge in [0, 0.05) is 37.7 Å². The van der Waals surface area contributed by atoms with Crippen LogP contribution in [0.3, 0.4) is 0 Å². The zero-order valence-corrected chi connectivity index (χ0v) is 16.0. The molecule has 9 nitrogen and oxygen atoms in total. The number of amides is 2. The minimum atomic E-state index is -4.01. The van der Waals surface area contributed by atoms with Crippen molar-refractivity contribution in [2.24, 2.45) is 0 Å². The summed E-state index contributed by atoms with van der Waals surface area (Å²) in [5.41, 5.74) is -1.75. The number of pyridine rings is 1. The van der Waals surface area contributed by atoms with Gasteiger partial charge in [-0.05, 0) is 12.1 Å². The van der Waals surface area contributed by atoms with Crippen LogP contribution in [0.15, 0.2) is 42.6 Å². The molecule has 1 N–H and O–H groups in total. The molecule has 4 rings (SSSR count). The Hall–Kier alpha value is -3.88. The molecule has 0 aliphatic carbocycles. The molecule has 1 aromatic carbocycles. The number of hydrogen-bond acceptors (Lipinski definition) is 6. The van der Waals surface area contributed by atoms with Crippen molar-refractivity contribution in [3.05, 3.63) is 53.7 Å². The lowest BCUT2D eigenvalue weighted by molar-refractivity contribution is -0.127. The zero-order chi connectivity index (χ0) is 33.5. The Kier molecular flexibility index (Phi) is 2.72. The van der Waals surface area contributed by atoms with Gasteiger partial charge in [0.25, 0.3) is 17.6 Å². The molecule has 2 amide bonds. The van der Waals surface area contributed by atoms with Gasteiger partial charge in [-0.2, -0.15) is 0 Å². The first kappa shape index (κ1) is 9.95. The van der Waals surface area contributed by atoms with Crippen molar-refractivity contribution < 1.29 is 41.7 Å². The predicted molar refractivity (Wildman–Crippen MR) is 112 cm³/mol. The fourth-order valence-corrected chi connectivity index (χ4v) is 2.73. The lowest BCUT2D eigenvalue weighted by Crippen LogP contribution is -2.52. The predicted octanol–water partition coefficient (Wildman–Crippen LogP) is 1.75. The maximum absolute atomic E-state index is 13.6. The average Bonchev–Trinajstić information content (AvgIpc) is 3.38. The summed E-state index contributed by atoms with van der Waals surface area (Å²) in [6, 6.07) is -5.44. The number of benzene rings is 1. The number of fused-ring (bicyclic) bond motifs is 1. The highest BCUT2D eigenvalue weighted by Crippen LogP contribution is 2.33. The molecule has 31 heavy (non-hydrogen) atoms. The molecule has 0 atom stereocenters. The summed E-state index contributed by atoms with van der Waals surface area (Å²) < 4.78 is 117. The van der Waals surface area contributed by atoms with E-state index in [1.807, 2.05) is 0 Å². The largest absolute Gasteiger partial charge is 0.494 e. The Morgan fingerprint density at radius 2 is 1.74 bits per heavy atom. The lowest BCUT2D eigenvalue weighted by Gasteiger charge is -2.34. The number of Topliss-reactive ketones (excluding diaryl/α,β-unsaturated/α-hetero) is 1. The number of aromatic amines is 1. The van der Waals surface area contributed by atoms with E-state index >= 15 is 0 Å². The topological polar surface area (TPSA) is 105 Å². The Labute approximate surface area is 196 Å². The molecule has 160 valence electrons. The highest BCUT2D eigenvalue weighted by Gasteiger charge is 2.31. The number of ketones is 1. The second-order valence-electron chi connectivity index (χ2n) is 5.85. The number of H-pyrrole nitrogens is 1. The maximum atomic E-state index is 13.6. The van der Waals surface area contributed by atoms with Crippen LogP contribution in [0.1, 0.15) is 38.5 Å². The normalized spacial score (nSPS) is 26.5. The summed E-state index contributed by atoms with van der Waals surface area (Å²) in [5, 5.41) is -0.0974. The van der Waals surface area contributed by atoms with Gasteiger partial charge in [0.2, 0.25) is 5.88 Å². The second-order valence-corrected chi connectivity index (χ2v) is 5.85. The van der Waals surface area contributed by atoms with Crippen molar-refractivity contribution in [2.75, 3.05) is 40.2 Å². The van der Waals surface area contributed by atoms with E-state index in [4.69, 9.17) is 27.3 Å². The molecule has 0 bridgehead atoms. The molecular formula is C22H22N4O5. The van der Waals surface area contributed by atoms with Crippen LogP contribution in [-0.4, -0.2) is 77.6 Å². The van der Waals surface area contributed by atoms with Crippen LogP contribution in [0.25, 0.3) is 10.9 Å². The summed E-state index contributed by atoms with van der Waals surface area (Å²) in [7, 11) is 2.46. The number of nitrogens with zero attached hydrogens (tertiary/aromatic N) is 3. The average molecular weight is 436 g/mol. The third kappa shape index (κ3) is 3.70. The molecule has 0 unspecified atom stereocenters. The zero-order valence-electron chi connectivity index (χ0n) is 29.0. The van der Waals surface area contributed by atoms with Gasteiger partial charge in [0.1, 0.15) is 11.3 Å². The number of rotatable bonds is 5. The summed E-state index contributed by atoms with van der Waals surface area (Å²) in [6.07, 6.45) is 2.11. The molecule has 3 heterocycles. The first-order chi connectivity index (χ1) is 20.1. The maximum Gasteiger partial charge on any atom is 0.295 e. The van der Waals surface area contributed by atoms with Crippen molar-refractivity contribution in [1.29, 1.82) is 0 Å². The SMILES string of the molecule is [2H]c1c([2H])c([2H])c(C(=O)N2C([2H])([2H])C([2H])([2H])N(C(=O)C(=O)c3c[nH]c4c(OC)ncc(OC)c34)C([2H])([2H])C2([2H])[2H])c([2H])c1[2H]. The van der Waals surface area contributed by atoms with E-state index < -0.39 is 94.7 Å². The van der Waals surface area contributed by atoms with E-state index in [-0.39, 0.29) is 22.5 Å². The van der Waals surface area contributed by atoms with Crippen LogP contribution in [0.4, 0.5) is 0 Å². The number of piperazine rings is 1. The number of aromatic nitrogens is 2. The van der Waals surface area contributed by atoms with Gasteiger partial charge in [0.05, 0.1) is 49.2 Å². The van der Waals surface area contributed by atoms with E-state index in [1.54, 1.807) is 0 Å². The Morgan fingerprint density at radius 3 is 2.39 bits per heavy atom. The first-order valence-corrected chi connectivity index (χ1v) is 8.53. The van der Waals surface area contributed by atoms with Gasteiger partial charge >= 0.3 is 0 Å². The molecule has 9 heteroatoms. The monoisotopic (exact) mass is 435 g/mol. The van der Waals surface area contributed by atoms with Crippen LogP contribution in [0.2, 0.25) is 0 Å². The molecule has 1 aliphatic rings. The second kappa shape index (κ2) is 8.47. The van der Waals surface area contributed by atoms with Gasteiger partial charge in [0.15, 0.2) is 0 Å². The number of nitrogens with one attached hydrogen (secondary N) is 1. The van der Waals surface area contributed by atoms with Gasteiger partial charge in [-0.25, -0.2) is 4.98 Å². The fourth-order valence-electron chi connectivity index (χ4n) is 2.73. The first-order valence-electron chi connectivity index (χ1n) is 15.0. The fraction of sp³-hybridized carbons (Fsp3) is 0.273. The van der Waals surface area contributed by atoms with Crippen molar-refractivity contribution in [2.45, 2.75) is 0 Å². The summed E-state index contributed by atoms with van der Waals surface area (Å²) >= 11 is 0. The third-order valence-corrected chi connectivity index (χ3v) is 4.16. The highest BCUT2D eigenvalue weighted by atomic mass is 16.5. The van der Waals surface area contributed by atoms with Gasteiger partial charge in [-0.3, -0.25) is 14.4 Å². The molecule has 1 saturated heterocycles. The van der Waals surface area contributed by atoms with E-state index in [2.05, 4.69) is 9.97 Å². The minimum Gasteiger partial charge on any atom is -0.494 e. The van der Waals surface area contributed by atoms with Crippen LogP contribution >= 0.6 is 0 Å². The Morgan fingerprint density at radius 1 is 1.06 bits per heavy atom. The molecule has 1 fully saturated rings. The summed E-state index contributed by atoms with van der Waals surface area (Å²) in [5.74, 6) is -5.81.